The lowest BCUT2D eigenvalue weighted by Crippen LogP contribution is -2.41. The van der Waals surface area contributed by atoms with E-state index < -0.39 is 5.54 Å². The van der Waals surface area contributed by atoms with E-state index in [9.17, 15) is 0 Å². The molecule has 2 N–H and O–H groups in total. The average molecular weight is 237 g/mol. The van der Waals surface area contributed by atoms with Crippen molar-refractivity contribution in [1.82, 2.24) is 0 Å². The molecule has 0 aliphatic rings. The van der Waals surface area contributed by atoms with Crippen LogP contribution >= 0.6 is 0 Å². The number of rotatable bonds is 6. The number of para-hydroxylation sites is 1. The van der Waals surface area contributed by atoms with Gasteiger partial charge in [-0.25, -0.2) is 0 Å². The second kappa shape index (κ2) is 6.03. The summed E-state index contributed by atoms with van der Waals surface area (Å²) >= 11 is 0. The van der Waals surface area contributed by atoms with Crippen molar-refractivity contribution in [1.29, 1.82) is 0 Å². The number of benzene rings is 1. The predicted molar refractivity (Wildman–Crippen MR) is 70.2 cm³/mol. The van der Waals surface area contributed by atoms with Gasteiger partial charge < -0.3 is 15.2 Å². The molecule has 0 saturated heterocycles. The van der Waals surface area contributed by atoms with Crippen LogP contribution < -0.4 is 10.5 Å². The molecule has 1 rings (SSSR count). The first-order chi connectivity index (χ1) is 8.03. The Labute approximate surface area is 104 Å². The highest BCUT2D eigenvalue weighted by Gasteiger charge is 2.28. The van der Waals surface area contributed by atoms with Gasteiger partial charge in [0.2, 0.25) is 0 Å². The van der Waals surface area contributed by atoms with E-state index in [-0.39, 0.29) is 6.10 Å². The maximum Gasteiger partial charge on any atom is 0.124 e. The third kappa shape index (κ3) is 3.45. The van der Waals surface area contributed by atoms with Gasteiger partial charge in [-0.3, -0.25) is 0 Å². The second-order valence-corrected chi connectivity index (χ2v) is 4.61. The van der Waals surface area contributed by atoms with E-state index in [0.717, 1.165) is 17.7 Å². The van der Waals surface area contributed by atoms with Crippen molar-refractivity contribution in [3.8, 4) is 5.75 Å². The number of methoxy groups -OCH3 is 1. The summed E-state index contributed by atoms with van der Waals surface area (Å²) in [5.41, 5.74) is 6.93. The van der Waals surface area contributed by atoms with E-state index in [2.05, 4.69) is 6.92 Å². The Morgan fingerprint density at radius 2 is 1.94 bits per heavy atom. The standard InChI is InChI=1S/C14H23NO2/c1-5-14(15,10-16-4)12-8-6-7-9-13(12)17-11(2)3/h6-9,11H,5,10,15H2,1-4H3. The third-order valence-electron chi connectivity index (χ3n) is 2.82. The maximum atomic E-state index is 6.40. The molecule has 0 aliphatic heterocycles. The lowest BCUT2D eigenvalue weighted by molar-refractivity contribution is 0.125. The molecule has 3 nitrogen and oxygen atoms in total. The number of nitrogens with two attached hydrogens (primary N) is 1. The Balaban J connectivity index is 3.09. The summed E-state index contributed by atoms with van der Waals surface area (Å²) in [5, 5.41) is 0. The fourth-order valence-electron chi connectivity index (χ4n) is 1.86. The highest BCUT2D eigenvalue weighted by molar-refractivity contribution is 5.39. The lowest BCUT2D eigenvalue weighted by Gasteiger charge is -2.30. The average Bonchev–Trinajstić information content (AvgIpc) is 2.29. The van der Waals surface area contributed by atoms with Gasteiger partial charge in [0.1, 0.15) is 5.75 Å². The number of hydrogen-bond acceptors (Lipinski definition) is 3. The SMILES string of the molecule is CCC(N)(COC)c1ccccc1OC(C)C. The van der Waals surface area contributed by atoms with Crippen LogP contribution in [0.2, 0.25) is 0 Å². The normalized spacial score (nSPS) is 14.7. The predicted octanol–water partition coefficient (Wildman–Crippen LogP) is 2.68. The van der Waals surface area contributed by atoms with Gasteiger partial charge in [0.05, 0.1) is 18.2 Å². The van der Waals surface area contributed by atoms with Crippen LogP contribution in [0.25, 0.3) is 0 Å². The monoisotopic (exact) mass is 237 g/mol. The van der Waals surface area contributed by atoms with Crippen LogP contribution in [0.15, 0.2) is 24.3 Å². The number of ether oxygens (including phenoxy) is 2. The first-order valence-corrected chi connectivity index (χ1v) is 6.07. The lowest BCUT2D eigenvalue weighted by atomic mass is 9.88. The van der Waals surface area contributed by atoms with Gasteiger partial charge in [0, 0.05) is 12.7 Å². The summed E-state index contributed by atoms with van der Waals surface area (Å²) in [4.78, 5) is 0. The first kappa shape index (κ1) is 14.0. The Kier molecular flexibility index (Phi) is 4.97. The summed E-state index contributed by atoms with van der Waals surface area (Å²) in [6.45, 7) is 6.57. The van der Waals surface area contributed by atoms with Crippen molar-refractivity contribution in [2.75, 3.05) is 13.7 Å². The van der Waals surface area contributed by atoms with Crippen molar-refractivity contribution in [3.63, 3.8) is 0 Å². The van der Waals surface area contributed by atoms with E-state index in [1.54, 1.807) is 7.11 Å². The largest absolute Gasteiger partial charge is 0.491 e. The van der Waals surface area contributed by atoms with Crippen molar-refractivity contribution in [3.05, 3.63) is 29.8 Å². The Bertz CT molecular complexity index is 352. The summed E-state index contributed by atoms with van der Waals surface area (Å²) in [7, 11) is 1.67. The minimum atomic E-state index is -0.486. The zero-order chi connectivity index (χ0) is 12.9. The van der Waals surface area contributed by atoms with Crippen LogP contribution in [0.3, 0.4) is 0 Å². The number of hydrogen-bond donors (Lipinski definition) is 1. The van der Waals surface area contributed by atoms with Crippen LogP contribution in [0, 0.1) is 0 Å². The van der Waals surface area contributed by atoms with Gasteiger partial charge in [-0.1, -0.05) is 25.1 Å². The fraction of sp³-hybridized carbons (Fsp3) is 0.571. The van der Waals surface area contributed by atoms with E-state index in [4.69, 9.17) is 15.2 Å². The highest BCUT2D eigenvalue weighted by atomic mass is 16.5. The molecule has 0 heterocycles. The summed E-state index contributed by atoms with van der Waals surface area (Å²) < 4.78 is 11.0. The van der Waals surface area contributed by atoms with Crippen molar-refractivity contribution in [2.45, 2.75) is 38.8 Å². The molecule has 0 aliphatic carbocycles. The molecule has 1 aromatic carbocycles. The Morgan fingerprint density at radius 1 is 1.29 bits per heavy atom. The molecule has 1 atom stereocenters. The van der Waals surface area contributed by atoms with Gasteiger partial charge in [-0.05, 0) is 26.3 Å². The van der Waals surface area contributed by atoms with Crippen LogP contribution in [0.5, 0.6) is 5.75 Å². The topological polar surface area (TPSA) is 44.5 Å². The van der Waals surface area contributed by atoms with Crippen LogP contribution in [-0.2, 0) is 10.3 Å². The Morgan fingerprint density at radius 3 is 2.47 bits per heavy atom. The van der Waals surface area contributed by atoms with Gasteiger partial charge in [0.15, 0.2) is 0 Å². The van der Waals surface area contributed by atoms with E-state index in [1.165, 1.54) is 0 Å². The molecule has 0 aromatic heterocycles. The minimum absolute atomic E-state index is 0.139. The Hall–Kier alpha value is -1.06. The molecule has 3 heteroatoms. The van der Waals surface area contributed by atoms with Crippen LogP contribution in [0.4, 0.5) is 0 Å². The molecule has 1 aromatic rings. The van der Waals surface area contributed by atoms with Crippen molar-refractivity contribution >= 4 is 0 Å². The molecule has 96 valence electrons. The van der Waals surface area contributed by atoms with Gasteiger partial charge in [-0.2, -0.15) is 0 Å². The minimum Gasteiger partial charge on any atom is -0.491 e. The molecule has 0 spiro atoms. The molecule has 1 unspecified atom stereocenters. The summed E-state index contributed by atoms with van der Waals surface area (Å²) in [6.07, 6.45) is 0.944. The first-order valence-electron chi connectivity index (χ1n) is 6.07. The van der Waals surface area contributed by atoms with Gasteiger partial charge in [0.25, 0.3) is 0 Å². The summed E-state index contributed by atoms with van der Waals surface area (Å²) in [6, 6.07) is 7.92. The smallest absolute Gasteiger partial charge is 0.124 e. The van der Waals surface area contributed by atoms with Gasteiger partial charge in [-0.15, -0.1) is 0 Å². The quantitative estimate of drug-likeness (QED) is 0.827. The van der Waals surface area contributed by atoms with E-state index in [0.29, 0.717) is 6.61 Å². The molecule has 0 saturated carbocycles. The molecular formula is C14H23NO2. The maximum absolute atomic E-state index is 6.40. The highest BCUT2D eigenvalue weighted by Crippen LogP contribution is 2.31. The van der Waals surface area contributed by atoms with E-state index in [1.807, 2.05) is 38.1 Å². The zero-order valence-electron chi connectivity index (χ0n) is 11.2. The molecule has 0 bridgehead atoms. The van der Waals surface area contributed by atoms with Crippen LogP contribution in [-0.4, -0.2) is 19.8 Å². The van der Waals surface area contributed by atoms with Gasteiger partial charge >= 0.3 is 0 Å². The molecular weight excluding hydrogens is 214 g/mol. The second-order valence-electron chi connectivity index (χ2n) is 4.61. The van der Waals surface area contributed by atoms with Crippen molar-refractivity contribution < 1.29 is 9.47 Å². The fourth-order valence-corrected chi connectivity index (χ4v) is 1.86. The summed E-state index contributed by atoms with van der Waals surface area (Å²) in [5.74, 6) is 0.851. The zero-order valence-corrected chi connectivity index (χ0v) is 11.2. The molecule has 0 fully saturated rings. The molecule has 0 amide bonds. The third-order valence-corrected chi connectivity index (χ3v) is 2.82. The van der Waals surface area contributed by atoms with Crippen molar-refractivity contribution in [2.24, 2.45) is 5.73 Å². The molecule has 0 radical (unpaired) electrons. The van der Waals surface area contributed by atoms with E-state index >= 15 is 0 Å². The van der Waals surface area contributed by atoms with Crippen LogP contribution in [0.1, 0.15) is 32.8 Å². The molecule has 17 heavy (non-hydrogen) atoms.